The molecule has 0 aliphatic carbocycles. The largest absolute Gasteiger partial charge is 0.497 e. The Morgan fingerprint density at radius 3 is 1.50 bits per heavy atom. The summed E-state index contributed by atoms with van der Waals surface area (Å²) in [4.78, 5) is 0. The third-order valence-corrected chi connectivity index (χ3v) is 0.848. The van der Waals surface area contributed by atoms with Crippen molar-refractivity contribution in [3.05, 3.63) is 12.5 Å². The van der Waals surface area contributed by atoms with Gasteiger partial charge in [-0.2, -0.15) is 0 Å². The van der Waals surface area contributed by atoms with Crippen molar-refractivity contribution < 1.29 is 4.74 Å². The van der Waals surface area contributed by atoms with Crippen LogP contribution >= 0.6 is 0 Å². The van der Waals surface area contributed by atoms with Crippen LogP contribution in [-0.2, 0) is 4.74 Å². The molecule has 2 heteroatoms. The molecule has 0 amide bonds. The second-order valence-electron chi connectivity index (χ2n) is 4.54. The van der Waals surface area contributed by atoms with Crippen molar-refractivity contribution in [3.63, 3.8) is 0 Å². The molecule has 0 radical (unpaired) electrons. The molecular formula is C14H33NO. The van der Waals surface area contributed by atoms with E-state index in [0.29, 0.717) is 6.04 Å². The number of hydrogen-bond acceptors (Lipinski definition) is 2. The number of hydrogen-bond donors (Lipinski definition) is 1. The molecule has 1 N–H and O–H groups in total. The molecule has 0 heterocycles. The van der Waals surface area contributed by atoms with Crippen LogP contribution in [0.2, 0.25) is 0 Å². The zero-order chi connectivity index (χ0) is 13.6. The molecule has 0 aromatic carbocycles. The first kappa shape index (κ1) is 20.7. The van der Waals surface area contributed by atoms with Gasteiger partial charge < -0.3 is 10.1 Å². The van der Waals surface area contributed by atoms with Gasteiger partial charge in [0.05, 0.1) is 12.4 Å². The van der Waals surface area contributed by atoms with Gasteiger partial charge in [-0.1, -0.05) is 34.6 Å². The molecule has 100 valence electrons. The van der Waals surface area contributed by atoms with Gasteiger partial charge in [0.15, 0.2) is 0 Å². The highest BCUT2D eigenvalue weighted by atomic mass is 16.5. The Kier molecular flexibility index (Phi) is 21.7. The third kappa shape index (κ3) is 50.5. The zero-order valence-corrected chi connectivity index (χ0v) is 12.8. The van der Waals surface area contributed by atoms with Gasteiger partial charge in [-0.15, -0.1) is 0 Å². The van der Waals surface area contributed by atoms with Crippen molar-refractivity contribution in [2.24, 2.45) is 5.92 Å². The molecule has 0 rings (SSSR count). The second kappa shape index (κ2) is 16.8. The molecule has 0 atom stereocenters. The average Bonchev–Trinajstić information content (AvgIpc) is 2.14. The lowest BCUT2D eigenvalue weighted by Crippen LogP contribution is -2.15. The average molecular weight is 231 g/mol. The summed E-state index contributed by atoms with van der Waals surface area (Å²) in [6, 6.07) is 0.479. The molecule has 0 aromatic heterocycles. The van der Waals surface area contributed by atoms with Crippen LogP contribution in [0.4, 0.5) is 0 Å². The maximum absolute atomic E-state index is 5.15. The fraction of sp³-hybridized carbons (Fsp3) is 0.857. The van der Waals surface area contributed by atoms with E-state index in [1.54, 1.807) is 6.26 Å². The van der Waals surface area contributed by atoms with E-state index < -0.39 is 0 Å². The second-order valence-corrected chi connectivity index (χ2v) is 4.54. The summed E-state index contributed by atoms with van der Waals surface area (Å²) < 4.78 is 5.15. The predicted octanol–water partition coefficient (Wildman–Crippen LogP) is 4.57. The zero-order valence-electron chi connectivity index (χ0n) is 12.8. The molecule has 16 heavy (non-hydrogen) atoms. The first-order chi connectivity index (χ1) is 7.36. The molecule has 0 saturated heterocycles. The Morgan fingerprint density at radius 1 is 0.875 bits per heavy atom. The van der Waals surface area contributed by atoms with Gasteiger partial charge in [-0.25, -0.2) is 0 Å². The quantitative estimate of drug-likeness (QED) is 0.716. The Labute approximate surface area is 103 Å². The minimum absolute atomic E-state index is 0.269. The van der Waals surface area contributed by atoms with Crippen LogP contribution in [0, 0.1) is 5.92 Å². The normalized spacial score (nSPS) is 9.75. The van der Waals surface area contributed by atoms with E-state index in [4.69, 9.17) is 4.74 Å². The third-order valence-electron chi connectivity index (χ3n) is 0.848. The van der Waals surface area contributed by atoms with Crippen molar-refractivity contribution >= 4 is 0 Å². The topological polar surface area (TPSA) is 21.3 Å². The van der Waals surface area contributed by atoms with Gasteiger partial charge in [0, 0.05) is 12.2 Å². The highest BCUT2D eigenvalue weighted by Gasteiger charge is 1.86. The Bertz CT molecular complexity index is 114. The van der Waals surface area contributed by atoms with Crippen LogP contribution in [0.1, 0.15) is 62.3 Å². The minimum Gasteiger partial charge on any atom is -0.497 e. The van der Waals surface area contributed by atoms with Crippen LogP contribution in [-0.4, -0.2) is 12.1 Å². The Morgan fingerprint density at radius 2 is 1.25 bits per heavy atom. The van der Waals surface area contributed by atoms with E-state index in [-0.39, 0.29) is 6.10 Å². The smallest absolute Gasteiger partial charge is 0.0989 e. The van der Waals surface area contributed by atoms with Gasteiger partial charge in [-0.05, 0) is 33.6 Å². The highest BCUT2D eigenvalue weighted by molar-refractivity contribution is 4.73. The Hall–Kier alpha value is -0.660. The molecular weight excluding hydrogens is 198 g/mol. The highest BCUT2D eigenvalue weighted by Crippen LogP contribution is 1.87. The maximum Gasteiger partial charge on any atom is 0.0989 e. The Balaban J connectivity index is -0.000000237. The SMILES string of the molecule is CC.CC(C)C.CC(C)NC=COC(C)C. The summed E-state index contributed by atoms with van der Waals surface area (Å²) in [6.07, 6.45) is 3.78. The van der Waals surface area contributed by atoms with E-state index in [2.05, 4.69) is 39.9 Å². The van der Waals surface area contributed by atoms with Crippen molar-refractivity contribution in [1.29, 1.82) is 0 Å². The monoisotopic (exact) mass is 231 g/mol. The number of nitrogens with one attached hydrogen (secondary N) is 1. The van der Waals surface area contributed by atoms with E-state index in [9.17, 15) is 0 Å². The van der Waals surface area contributed by atoms with Crippen LogP contribution in [0.3, 0.4) is 0 Å². The summed E-state index contributed by atoms with van der Waals surface area (Å²) >= 11 is 0. The van der Waals surface area contributed by atoms with Crippen molar-refractivity contribution in [3.8, 4) is 0 Å². The lowest BCUT2D eigenvalue weighted by Gasteiger charge is -2.05. The van der Waals surface area contributed by atoms with E-state index in [1.807, 2.05) is 33.9 Å². The minimum atomic E-state index is 0.269. The summed E-state index contributed by atoms with van der Waals surface area (Å²) in [6.45, 7) is 18.7. The van der Waals surface area contributed by atoms with Crippen LogP contribution < -0.4 is 5.32 Å². The molecule has 0 bridgehead atoms. The summed E-state index contributed by atoms with van der Waals surface area (Å²) in [7, 11) is 0. The van der Waals surface area contributed by atoms with Gasteiger partial charge in [0.1, 0.15) is 0 Å². The molecule has 0 fully saturated rings. The molecule has 0 aliphatic heterocycles. The van der Waals surface area contributed by atoms with Crippen LogP contribution in [0.5, 0.6) is 0 Å². The van der Waals surface area contributed by atoms with Gasteiger partial charge >= 0.3 is 0 Å². The fourth-order valence-electron chi connectivity index (χ4n) is 0.428. The molecule has 0 aromatic rings. The van der Waals surface area contributed by atoms with Gasteiger partial charge in [-0.3, -0.25) is 0 Å². The molecule has 0 unspecified atom stereocenters. The van der Waals surface area contributed by atoms with Crippen molar-refractivity contribution in [2.45, 2.75) is 74.5 Å². The van der Waals surface area contributed by atoms with E-state index >= 15 is 0 Å². The van der Waals surface area contributed by atoms with Crippen LogP contribution in [0.15, 0.2) is 12.5 Å². The summed E-state index contributed by atoms with van der Waals surface area (Å²) in [5, 5.41) is 3.10. The van der Waals surface area contributed by atoms with E-state index in [1.165, 1.54) is 0 Å². The molecule has 2 nitrogen and oxygen atoms in total. The first-order valence-corrected chi connectivity index (χ1v) is 6.42. The van der Waals surface area contributed by atoms with E-state index in [0.717, 1.165) is 5.92 Å². The van der Waals surface area contributed by atoms with Gasteiger partial charge in [0.2, 0.25) is 0 Å². The predicted molar refractivity (Wildman–Crippen MR) is 75.5 cm³/mol. The van der Waals surface area contributed by atoms with Crippen LogP contribution in [0.25, 0.3) is 0 Å². The van der Waals surface area contributed by atoms with Crippen molar-refractivity contribution in [1.82, 2.24) is 5.32 Å². The number of ether oxygens (including phenoxy) is 1. The lowest BCUT2D eigenvalue weighted by molar-refractivity contribution is 0.178. The first-order valence-electron chi connectivity index (χ1n) is 6.42. The van der Waals surface area contributed by atoms with Gasteiger partial charge in [0.25, 0.3) is 0 Å². The summed E-state index contributed by atoms with van der Waals surface area (Å²) in [5.74, 6) is 0.833. The van der Waals surface area contributed by atoms with Crippen molar-refractivity contribution in [2.75, 3.05) is 0 Å². The molecule has 0 saturated carbocycles. The lowest BCUT2D eigenvalue weighted by atomic mass is 10.3. The summed E-state index contributed by atoms with van der Waals surface area (Å²) in [5.41, 5.74) is 0. The maximum atomic E-state index is 5.15. The standard InChI is InChI=1S/C8H17NO.C4H10.C2H6/c1-7(2)9-5-6-10-8(3)4;1-4(2)3;1-2/h5-9H,1-4H3;4H,1-3H3;1-2H3. The number of rotatable bonds is 4. The fourth-order valence-corrected chi connectivity index (χ4v) is 0.428. The molecule has 0 aliphatic rings. The molecule has 0 spiro atoms.